The van der Waals surface area contributed by atoms with Gasteiger partial charge in [0.1, 0.15) is 0 Å². The van der Waals surface area contributed by atoms with E-state index in [-0.39, 0.29) is 17.9 Å². The van der Waals surface area contributed by atoms with E-state index in [0.717, 1.165) is 48.3 Å². The van der Waals surface area contributed by atoms with Crippen LogP contribution < -0.4 is 10.2 Å². The fraction of sp³-hybridized carbons (Fsp3) is 0.417. The Balaban J connectivity index is 1.52. The van der Waals surface area contributed by atoms with Crippen molar-refractivity contribution in [1.82, 2.24) is 10.2 Å². The Bertz CT molecular complexity index is 857. The maximum atomic E-state index is 12.9. The van der Waals surface area contributed by atoms with Gasteiger partial charge < -0.3 is 10.2 Å². The topological polar surface area (TPSA) is 52.7 Å². The second-order valence-electron chi connectivity index (χ2n) is 7.76. The lowest BCUT2D eigenvalue weighted by Crippen LogP contribution is -2.48. The Morgan fingerprint density at radius 3 is 2.24 bits per heavy atom. The third kappa shape index (κ3) is 5.24. The summed E-state index contributed by atoms with van der Waals surface area (Å²) >= 11 is 0. The van der Waals surface area contributed by atoms with E-state index < -0.39 is 0 Å². The summed E-state index contributed by atoms with van der Waals surface area (Å²) in [6.45, 7) is 8.71. The highest BCUT2D eigenvalue weighted by molar-refractivity contribution is 5.96. The van der Waals surface area contributed by atoms with Gasteiger partial charge in [-0.25, -0.2) is 0 Å². The van der Waals surface area contributed by atoms with Crippen LogP contribution in [-0.4, -0.2) is 48.9 Å². The first-order chi connectivity index (χ1) is 14.0. The average Bonchev–Trinajstić information content (AvgIpc) is 2.71. The molecule has 0 unspecified atom stereocenters. The lowest BCUT2D eigenvalue weighted by molar-refractivity contribution is -0.120. The summed E-state index contributed by atoms with van der Waals surface area (Å²) in [6, 6.07) is 15.8. The van der Waals surface area contributed by atoms with Gasteiger partial charge in [-0.2, -0.15) is 0 Å². The van der Waals surface area contributed by atoms with Gasteiger partial charge in [0, 0.05) is 36.9 Å². The van der Waals surface area contributed by atoms with Gasteiger partial charge >= 0.3 is 0 Å². The van der Waals surface area contributed by atoms with Gasteiger partial charge in [-0.05, 0) is 56.9 Å². The summed E-state index contributed by atoms with van der Waals surface area (Å²) < 4.78 is 0. The largest absolute Gasteiger partial charge is 0.349 e. The van der Waals surface area contributed by atoms with Crippen LogP contribution in [0.25, 0.3) is 0 Å². The van der Waals surface area contributed by atoms with E-state index in [1.165, 1.54) is 0 Å². The first-order valence-corrected chi connectivity index (χ1v) is 10.4. The number of nitrogens with zero attached hydrogens (tertiary/aromatic N) is 2. The summed E-state index contributed by atoms with van der Waals surface area (Å²) in [5.74, 6) is 0.124. The van der Waals surface area contributed by atoms with Crippen molar-refractivity contribution in [3.8, 4) is 0 Å². The summed E-state index contributed by atoms with van der Waals surface area (Å²) in [5.41, 5.74) is 3.83. The number of rotatable bonds is 6. The van der Waals surface area contributed by atoms with E-state index in [1.807, 2.05) is 74.2 Å². The Hall–Kier alpha value is -2.66. The van der Waals surface area contributed by atoms with Crippen LogP contribution in [0.15, 0.2) is 48.5 Å². The predicted molar refractivity (Wildman–Crippen MR) is 117 cm³/mol. The third-order valence-corrected chi connectivity index (χ3v) is 5.69. The smallest absolute Gasteiger partial charge is 0.251 e. The predicted octanol–water partition coefficient (Wildman–Crippen LogP) is 3.55. The van der Waals surface area contributed by atoms with Crippen molar-refractivity contribution in [2.45, 2.75) is 39.7 Å². The molecular formula is C24H31N3O2. The fourth-order valence-electron chi connectivity index (χ4n) is 3.95. The summed E-state index contributed by atoms with van der Waals surface area (Å²) in [7, 11) is 0. The van der Waals surface area contributed by atoms with Gasteiger partial charge in [0.15, 0.2) is 0 Å². The van der Waals surface area contributed by atoms with Crippen LogP contribution in [0.1, 0.15) is 41.3 Å². The van der Waals surface area contributed by atoms with E-state index in [0.29, 0.717) is 13.1 Å². The number of anilines is 1. The first kappa shape index (κ1) is 21.1. The lowest BCUT2D eigenvalue weighted by Gasteiger charge is -2.33. The summed E-state index contributed by atoms with van der Waals surface area (Å²) in [5, 5.41) is 3.16. The highest BCUT2D eigenvalue weighted by atomic mass is 16.2. The van der Waals surface area contributed by atoms with Crippen molar-refractivity contribution in [3.05, 3.63) is 65.2 Å². The van der Waals surface area contributed by atoms with Gasteiger partial charge in [-0.15, -0.1) is 0 Å². The number of para-hydroxylation sites is 1. The van der Waals surface area contributed by atoms with Crippen molar-refractivity contribution in [2.75, 3.05) is 31.1 Å². The van der Waals surface area contributed by atoms with Gasteiger partial charge in [0.2, 0.25) is 5.91 Å². The molecule has 0 radical (unpaired) electrons. The lowest BCUT2D eigenvalue weighted by atomic mass is 10.0. The minimum absolute atomic E-state index is 0.00524. The van der Waals surface area contributed by atoms with Gasteiger partial charge in [0.05, 0.1) is 6.54 Å². The molecule has 1 N–H and O–H groups in total. The number of likely N-dealkylation sites (N-methyl/N-ethyl adjacent to an activating group) is 1. The Morgan fingerprint density at radius 1 is 1.00 bits per heavy atom. The molecule has 1 fully saturated rings. The molecule has 1 saturated heterocycles. The van der Waals surface area contributed by atoms with Crippen molar-refractivity contribution >= 4 is 17.5 Å². The number of hydrogen-bond donors (Lipinski definition) is 1. The average molecular weight is 394 g/mol. The summed E-state index contributed by atoms with van der Waals surface area (Å²) in [4.78, 5) is 29.5. The highest BCUT2D eigenvalue weighted by Crippen LogP contribution is 2.20. The number of nitrogens with one attached hydrogen (secondary N) is 1. The SMILES string of the molecule is CCN(C(=O)CN1CCC(NC(=O)c2ccccc2C)CC1)c1ccccc1C. The van der Waals surface area contributed by atoms with E-state index in [1.54, 1.807) is 0 Å². The molecule has 0 atom stereocenters. The summed E-state index contributed by atoms with van der Waals surface area (Å²) in [6.07, 6.45) is 1.72. The van der Waals surface area contributed by atoms with Crippen LogP contribution >= 0.6 is 0 Å². The van der Waals surface area contributed by atoms with Gasteiger partial charge in [0.25, 0.3) is 5.91 Å². The number of carbonyl (C=O) groups excluding carboxylic acids is 2. The van der Waals surface area contributed by atoms with Crippen molar-refractivity contribution in [2.24, 2.45) is 0 Å². The monoisotopic (exact) mass is 393 g/mol. The van der Waals surface area contributed by atoms with Gasteiger partial charge in [-0.1, -0.05) is 36.4 Å². The molecule has 0 spiro atoms. The van der Waals surface area contributed by atoms with Gasteiger partial charge in [-0.3, -0.25) is 14.5 Å². The van der Waals surface area contributed by atoms with E-state index in [9.17, 15) is 9.59 Å². The molecule has 1 heterocycles. The molecule has 3 rings (SSSR count). The Kier molecular flexibility index (Phi) is 7.04. The maximum absolute atomic E-state index is 12.9. The van der Waals surface area contributed by atoms with Crippen LogP contribution in [0, 0.1) is 13.8 Å². The van der Waals surface area contributed by atoms with Crippen LogP contribution in [-0.2, 0) is 4.79 Å². The molecule has 2 amide bonds. The molecule has 5 nitrogen and oxygen atoms in total. The zero-order valence-electron chi connectivity index (χ0n) is 17.6. The van der Waals surface area contributed by atoms with Crippen LogP contribution in [0.3, 0.4) is 0 Å². The Labute approximate surface area is 173 Å². The van der Waals surface area contributed by atoms with E-state index in [4.69, 9.17) is 0 Å². The van der Waals surface area contributed by atoms with E-state index >= 15 is 0 Å². The number of piperidine rings is 1. The number of benzene rings is 2. The third-order valence-electron chi connectivity index (χ3n) is 5.69. The molecule has 0 aliphatic carbocycles. The second-order valence-corrected chi connectivity index (χ2v) is 7.76. The zero-order chi connectivity index (χ0) is 20.8. The molecule has 1 aliphatic rings. The minimum atomic E-state index is -0.00524. The van der Waals surface area contributed by atoms with Crippen LogP contribution in [0.2, 0.25) is 0 Å². The number of likely N-dealkylation sites (tertiary alicyclic amines) is 1. The molecule has 2 aromatic rings. The number of amides is 2. The molecule has 0 aromatic heterocycles. The quantitative estimate of drug-likeness (QED) is 0.817. The molecule has 5 heteroatoms. The molecule has 1 aliphatic heterocycles. The van der Waals surface area contributed by atoms with Crippen molar-refractivity contribution in [3.63, 3.8) is 0 Å². The molecular weight excluding hydrogens is 362 g/mol. The van der Waals surface area contributed by atoms with Crippen molar-refractivity contribution < 1.29 is 9.59 Å². The highest BCUT2D eigenvalue weighted by Gasteiger charge is 2.25. The fourth-order valence-corrected chi connectivity index (χ4v) is 3.95. The van der Waals surface area contributed by atoms with E-state index in [2.05, 4.69) is 10.2 Å². The normalized spacial score (nSPS) is 15.1. The minimum Gasteiger partial charge on any atom is -0.349 e. The van der Waals surface area contributed by atoms with Crippen molar-refractivity contribution in [1.29, 1.82) is 0 Å². The van der Waals surface area contributed by atoms with Crippen LogP contribution in [0.5, 0.6) is 0 Å². The maximum Gasteiger partial charge on any atom is 0.251 e. The molecule has 29 heavy (non-hydrogen) atoms. The molecule has 2 aromatic carbocycles. The standard InChI is InChI=1S/C24H31N3O2/c1-4-27(22-12-8-6-10-19(22)3)23(28)17-26-15-13-20(14-16-26)25-24(29)21-11-7-5-9-18(21)2/h5-12,20H,4,13-17H2,1-3H3,(H,25,29). The second kappa shape index (κ2) is 9.70. The molecule has 0 saturated carbocycles. The number of hydrogen-bond acceptors (Lipinski definition) is 3. The number of carbonyl (C=O) groups is 2. The zero-order valence-corrected chi connectivity index (χ0v) is 17.6. The number of aryl methyl sites for hydroxylation is 2. The molecule has 0 bridgehead atoms. The van der Waals surface area contributed by atoms with Crippen LogP contribution in [0.4, 0.5) is 5.69 Å². The molecule has 154 valence electrons. The first-order valence-electron chi connectivity index (χ1n) is 10.4. The Morgan fingerprint density at radius 2 is 1.62 bits per heavy atom.